The van der Waals surface area contributed by atoms with Gasteiger partial charge in [-0.05, 0) is 12.8 Å². The Morgan fingerprint density at radius 3 is 1.14 bits per heavy atom. The zero-order valence-electron chi connectivity index (χ0n) is 22.3. The Kier molecular flexibility index (Phi) is 11.0. The van der Waals surface area contributed by atoms with Crippen LogP contribution < -0.4 is 0 Å². The Balaban J connectivity index is 1.75. The lowest BCUT2D eigenvalue weighted by molar-refractivity contribution is 0.710. The molecule has 0 saturated heterocycles. The maximum absolute atomic E-state index is 7.11. The smallest absolute Gasteiger partial charge is 0.143 e. The molecule has 0 bridgehead atoms. The minimum Gasteiger partial charge on any atom is -0.143 e. The summed E-state index contributed by atoms with van der Waals surface area (Å²) in [4.78, 5) is 0. The second kappa shape index (κ2) is 13.9. The van der Waals surface area contributed by atoms with Crippen molar-refractivity contribution in [3.63, 3.8) is 0 Å². The van der Waals surface area contributed by atoms with Gasteiger partial charge < -0.3 is 0 Å². The number of rotatable bonds is 10. The number of aromatic nitrogens is 4. The second-order valence-electron chi connectivity index (χ2n) is 9.68. The van der Waals surface area contributed by atoms with E-state index in [1.807, 2.05) is 0 Å². The molecule has 0 unspecified atom stereocenters. The number of unbranched alkanes of at least 4 members (excludes halogenated alkanes) is 4. The molecule has 0 N–H and O–H groups in total. The van der Waals surface area contributed by atoms with E-state index in [2.05, 4.69) is 34.2 Å². The molecule has 3 aromatic carbocycles. The fourth-order valence-corrected chi connectivity index (χ4v) is 9.75. The minimum absolute atomic E-state index is 0.149. The van der Waals surface area contributed by atoms with Crippen LogP contribution in [0.15, 0.2) is 0 Å². The van der Waals surface area contributed by atoms with E-state index in [9.17, 15) is 0 Å². The van der Waals surface area contributed by atoms with Crippen LogP contribution >= 0.6 is 115 Å². The van der Waals surface area contributed by atoms with Crippen molar-refractivity contribution in [3.8, 4) is 21.1 Å². The van der Waals surface area contributed by atoms with Gasteiger partial charge in [-0.25, -0.2) is 0 Å². The molecule has 2 heterocycles. The number of hydrogen-bond acceptors (Lipinski definition) is 6. The molecule has 2 aromatic heterocycles. The third-order valence-corrected chi connectivity index (χ3v) is 12.1. The van der Waals surface area contributed by atoms with E-state index in [4.69, 9.17) is 92.8 Å². The molecule has 42 heavy (non-hydrogen) atoms. The predicted octanol–water partition coefficient (Wildman–Crippen LogP) is 13.7. The van der Waals surface area contributed by atoms with Crippen molar-refractivity contribution in [2.45, 2.75) is 65.2 Å². The second-order valence-corrected chi connectivity index (χ2v) is 14.8. The van der Waals surface area contributed by atoms with Crippen molar-refractivity contribution >= 4 is 137 Å². The molecule has 0 radical (unpaired) electrons. The van der Waals surface area contributed by atoms with Crippen LogP contribution in [0.25, 0.3) is 42.7 Å². The Bertz CT molecular complexity index is 1690. The van der Waals surface area contributed by atoms with Gasteiger partial charge in [0.05, 0.1) is 51.3 Å². The van der Waals surface area contributed by atoms with Crippen molar-refractivity contribution in [2.75, 3.05) is 0 Å². The molecule has 0 aliphatic carbocycles. The minimum atomic E-state index is 0.149. The maximum Gasteiger partial charge on any atom is 0.150 e. The van der Waals surface area contributed by atoms with Crippen LogP contribution in [-0.4, -0.2) is 20.4 Å². The molecule has 0 atom stereocenters. The molecule has 5 rings (SSSR count). The number of halogens is 8. The third kappa shape index (κ3) is 5.95. The lowest BCUT2D eigenvalue weighted by Gasteiger charge is -2.19. The van der Waals surface area contributed by atoms with Gasteiger partial charge in [-0.2, -0.15) is 0 Å². The summed E-state index contributed by atoms with van der Waals surface area (Å²) in [5, 5.41) is 23.1. The molecule has 222 valence electrons. The van der Waals surface area contributed by atoms with Crippen LogP contribution in [0.5, 0.6) is 0 Å². The number of nitrogens with zero attached hydrogens (tertiary/aromatic N) is 4. The highest BCUT2D eigenvalue weighted by atomic mass is 35.5. The summed E-state index contributed by atoms with van der Waals surface area (Å²) >= 11 is 58.3. The monoisotopic (exact) mass is 758 g/mol. The largest absolute Gasteiger partial charge is 0.150 e. The molecule has 4 nitrogen and oxygen atoms in total. The van der Waals surface area contributed by atoms with Crippen molar-refractivity contribution in [3.05, 3.63) is 50.2 Å². The lowest BCUT2D eigenvalue weighted by atomic mass is 9.99. The van der Waals surface area contributed by atoms with Gasteiger partial charge in [0.15, 0.2) is 10.0 Å². The summed E-state index contributed by atoms with van der Waals surface area (Å²) in [6.07, 6.45) is 8.06. The van der Waals surface area contributed by atoms with Crippen LogP contribution in [0.3, 0.4) is 0 Å². The van der Waals surface area contributed by atoms with Gasteiger partial charge in [0.2, 0.25) is 0 Å². The zero-order valence-corrected chi connectivity index (χ0v) is 30.0. The van der Waals surface area contributed by atoms with Crippen molar-refractivity contribution in [2.24, 2.45) is 0 Å². The molecule has 0 amide bonds. The van der Waals surface area contributed by atoms with Gasteiger partial charge >= 0.3 is 0 Å². The van der Waals surface area contributed by atoms with Gasteiger partial charge in [-0.3, -0.25) is 0 Å². The van der Waals surface area contributed by atoms with Crippen molar-refractivity contribution in [1.29, 1.82) is 0 Å². The maximum atomic E-state index is 7.11. The highest BCUT2D eigenvalue weighted by molar-refractivity contribution is 7.15. The van der Waals surface area contributed by atoms with E-state index in [0.717, 1.165) is 61.4 Å². The molecule has 14 heteroatoms. The van der Waals surface area contributed by atoms with Gasteiger partial charge in [-0.1, -0.05) is 155 Å². The number of hydrogen-bond donors (Lipinski definition) is 0. The van der Waals surface area contributed by atoms with E-state index in [-0.39, 0.29) is 40.2 Å². The van der Waals surface area contributed by atoms with Gasteiger partial charge in [0.25, 0.3) is 0 Å². The van der Waals surface area contributed by atoms with E-state index < -0.39 is 0 Å². The summed E-state index contributed by atoms with van der Waals surface area (Å²) in [6.45, 7) is 4.30. The normalized spacial score (nSPS) is 11.9. The molecule has 0 saturated carbocycles. The third-order valence-electron chi connectivity index (χ3n) is 6.87. The summed E-state index contributed by atoms with van der Waals surface area (Å²) in [6, 6.07) is 0. The van der Waals surface area contributed by atoms with E-state index in [0.29, 0.717) is 42.7 Å². The first-order chi connectivity index (χ1) is 20.1. The standard InChI is InChI=1S/C28H22Cl8N4S2/c1-3-5-7-9-11-37-39-27(41-11)17-21(31)13-15(23(33)25(17)35)20(30)16-14(19(13)29)22(32)18(26(36)24(16)34)28-40-38-12(42-28)10-8-6-4-2/h3-10H2,1-2H3. The summed E-state index contributed by atoms with van der Waals surface area (Å²) in [5.74, 6) is 0. The quantitative estimate of drug-likeness (QED) is 0.0808. The predicted molar refractivity (Wildman–Crippen MR) is 186 cm³/mol. The zero-order chi connectivity index (χ0) is 30.3. The van der Waals surface area contributed by atoms with Crippen LogP contribution in [0, 0.1) is 0 Å². The first kappa shape index (κ1) is 33.0. The summed E-state index contributed by atoms with van der Waals surface area (Å²) < 4.78 is 0. The molecular formula is C28H22Cl8N4S2. The average molecular weight is 762 g/mol. The Labute approximate surface area is 291 Å². The molecule has 0 aliphatic heterocycles. The fraction of sp³-hybridized carbons (Fsp3) is 0.357. The van der Waals surface area contributed by atoms with Crippen LogP contribution in [0.1, 0.15) is 62.4 Å². The summed E-state index contributed by atoms with van der Waals surface area (Å²) in [5.41, 5.74) is 0.842. The number of benzene rings is 3. The van der Waals surface area contributed by atoms with Crippen molar-refractivity contribution in [1.82, 2.24) is 20.4 Å². The van der Waals surface area contributed by atoms with Gasteiger partial charge in [0, 0.05) is 34.4 Å². The number of aryl methyl sites for hydroxylation is 2. The Hall–Kier alpha value is -0.380. The SMILES string of the molecule is CCCCCc1nnc(-c2c(Cl)c(Cl)c3c(Cl)c4c(Cl)c(Cl)c(-c5nnc(CCCCC)s5)c(Cl)c4c(Cl)c3c2Cl)s1. The van der Waals surface area contributed by atoms with E-state index in [1.165, 1.54) is 22.7 Å². The first-order valence-corrected chi connectivity index (χ1v) is 17.9. The topological polar surface area (TPSA) is 51.6 Å². The molecule has 0 aliphatic rings. The van der Waals surface area contributed by atoms with Crippen LogP contribution in [0.2, 0.25) is 40.2 Å². The Morgan fingerprint density at radius 1 is 0.429 bits per heavy atom. The highest BCUT2D eigenvalue weighted by Crippen LogP contribution is 2.57. The van der Waals surface area contributed by atoms with Crippen molar-refractivity contribution < 1.29 is 0 Å². The fourth-order valence-electron chi connectivity index (χ4n) is 4.73. The average Bonchev–Trinajstić information content (AvgIpc) is 3.62. The molecule has 0 spiro atoms. The van der Waals surface area contributed by atoms with Gasteiger partial charge in [-0.15, -0.1) is 20.4 Å². The van der Waals surface area contributed by atoms with E-state index >= 15 is 0 Å². The van der Waals surface area contributed by atoms with Crippen LogP contribution in [-0.2, 0) is 12.8 Å². The first-order valence-electron chi connectivity index (χ1n) is 13.2. The molecule has 5 aromatic rings. The number of fused-ring (bicyclic) bond motifs is 2. The Morgan fingerprint density at radius 2 is 0.786 bits per heavy atom. The van der Waals surface area contributed by atoms with E-state index in [1.54, 1.807) is 0 Å². The van der Waals surface area contributed by atoms with Crippen LogP contribution in [0.4, 0.5) is 0 Å². The molecular weight excluding hydrogens is 740 g/mol. The molecule has 0 fully saturated rings. The lowest BCUT2D eigenvalue weighted by Crippen LogP contribution is -1.94. The van der Waals surface area contributed by atoms with Gasteiger partial charge in [0.1, 0.15) is 10.0 Å². The highest BCUT2D eigenvalue weighted by Gasteiger charge is 2.30. The summed E-state index contributed by atoms with van der Waals surface area (Å²) in [7, 11) is 0.